The van der Waals surface area contributed by atoms with Crippen molar-refractivity contribution >= 4 is 30.2 Å². The fourth-order valence-corrected chi connectivity index (χ4v) is 2.55. The molecule has 2 N–H and O–H groups in total. The van der Waals surface area contributed by atoms with Gasteiger partial charge in [0, 0.05) is 26.2 Å². The number of amides is 2. The molecule has 1 saturated heterocycles. The molecule has 1 aromatic carbocycles. The van der Waals surface area contributed by atoms with Crippen LogP contribution >= 0.6 is 12.4 Å². The van der Waals surface area contributed by atoms with Crippen LogP contribution in [0.3, 0.4) is 0 Å². The number of alkyl halides is 2. The van der Waals surface area contributed by atoms with Crippen molar-refractivity contribution in [2.24, 2.45) is 0 Å². The monoisotopic (exact) mass is 407 g/mol. The average Bonchev–Trinajstić information content (AvgIpc) is 2.60. The highest BCUT2D eigenvalue weighted by Crippen LogP contribution is 2.22. The molecule has 2 amide bonds. The minimum absolute atomic E-state index is 0. The molecular formula is C16H20ClF2N3O5. The van der Waals surface area contributed by atoms with Crippen LogP contribution in [-0.2, 0) is 9.59 Å². The standard InChI is InChI=1S/C16H19F2N3O5.ClH/c17-16(18)26-12-4-2-1-3-11(12)15(25)21-7-5-20(6-8-21)10-13(22)19-9-14(23)24;/h1-4,16H,5-10H2,(H,19,22)(H,23,24);1H. The normalized spacial score (nSPS) is 14.4. The number of carbonyl (C=O) groups is 3. The Kier molecular flexibility index (Phi) is 8.89. The van der Waals surface area contributed by atoms with E-state index in [1.807, 2.05) is 0 Å². The SMILES string of the molecule is Cl.O=C(O)CNC(=O)CN1CCN(C(=O)c2ccccc2OC(F)F)CC1. The summed E-state index contributed by atoms with van der Waals surface area (Å²) < 4.78 is 29.3. The molecule has 0 atom stereocenters. The average molecular weight is 408 g/mol. The van der Waals surface area contributed by atoms with Crippen LogP contribution < -0.4 is 10.1 Å². The van der Waals surface area contributed by atoms with E-state index >= 15 is 0 Å². The quantitative estimate of drug-likeness (QED) is 0.689. The molecule has 0 saturated carbocycles. The van der Waals surface area contributed by atoms with Gasteiger partial charge in [-0.3, -0.25) is 19.3 Å². The number of halogens is 3. The van der Waals surface area contributed by atoms with Gasteiger partial charge in [-0.2, -0.15) is 8.78 Å². The van der Waals surface area contributed by atoms with Crippen LogP contribution in [0.5, 0.6) is 5.75 Å². The van der Waals surface area contributed by atoms with Gasteiger partial charge < -0.3 is 20.1 Å². The number of ether oxygens (including phenoxy) is 1. The predicted octanol–water partition coefficient (Wildman–Crippen LogP) is 0.668. The Labute approximate surface area is 160 Å². The third-order valence-electron chi connectivity index (χ3n) is 3.80. The van der Waals surface area contributed by atoms with Crippen molar-refractivity contribution in [2.45, 2.75) is 6.61 Å². The zero-order valence-corrected chi connectivity index (χ0v) is 15.1. The topological polar surface area (TPSA) is 99.2 Å². The summed E-state index contributed by atoms with van der Waals surface area (Å²) in [6, 6.07) is 5.80. The first-order chi connectivity index (χ1) is 12.4. The Balaban J connectivity index is 0.00000364. The lowest BCUT2D eigenvalue weighted by molar-refractivity contribution is -0.138. The second kappa shape index (κ2) is 10.6. The Morgan fingerprint density at radius 3 is 2.37 bits per heavy atom. The smallest absolute Gasteiger partial charge is 0.387 e. The van der Waals surface area contributed by atoms with Crippen molar-refractivity contribution in [2.75, 3.05) is 39.3 Å². The van der Waals surface area contributed by atoms with Crippen LogP contribution in [0.4, 0.5) is 8.78 Å². The first kappa shape index (κ1) is 22.6. The second-order valence-corrected chi connectivity index (χ2v) is 5.61. The van der Waals surface area contributed by atoms with Gasteiger partial charge >= 0.3 is 12.6 Å². The van der Waals surface area contributed by atoms with E-state index in [9.17, 15) is 23.2 Å². The number of rotatable bonds is 7. The molecule has 0 aromatic heterocycles. The second-order valence-electron chi connectivity index (χ2n) is 5.61. The maximum Gasteiger partial charge on any atom is 0.387 e. The van der Waals surface area contributed by atoms with Crippen molar-refractivity contribution in [3.8, 4) is 5.75 Å². The zero-order valence-electron chi connectivity index (χ0n) is 14.3. The van der Waals surface area contributed by atoms with Gasteiger partial charge in [-0.15, -0.1) is 12.4 Å². The largest absolute Gasteiger partial charge is 0.480 e. The Hall–Kier alpha value is -2.46. The number of benzene rings is 1. The highest BCUT2D eigenvalue weighted by atomic mass is 35.5. The number of aliphatic carboxylic acids is 1. The molecule has 150 valence electrons. The number of hydrogen-bond donors (Lipinski definition) is 2. The number of hydrogen-bond acceptors (Lipinski definition) is 5. The van der Waals surface area contributed by atoms with E-state index < -0.39 is 30.9 Å². The molecule has 1 heterocycles. The van der Waals surface area contributed by atoms with Gasteiger partial charge in [0.1, 0.15) is 12.3 Å². The Morgan fingerprint density at radius 2 is 1.78 bits per heavy atom. The summed E-state index contributed by atoms with van der Waals surface area (Å²) in [6.07, 6.45) is 0. The van der Waals surface area contributed by atoms with Crippen molar-refractivity contribution in [3.63, 3.8) is 0 Å². The lowest BCUT2D eigenvalue weighted by atomic mass is 10.1. The third kappa shape index (κ3) is 6.99. The third-order valence-corrected chi connectivity index (χ3v) is 3.80. The maximum absolute atomic E-state index is 12.5. The molecule has 0 radical (unpaired) electrons. The van der Waals surface area contributed by atoms with Crippen LogP contribution in [0.2, 0.25) is 0 Å². The molecule has 1 aliphatic heterocycles. The lowest BCUT2D eigenvalue weighted by Crippen LogP contribution is -2.51. The van der Waals surface area contributed by atoms with Gasteiger partial charge in [0.25, 0.3) is 5.91 Å². The van der Waals surface area contributed by atoms with Crippen LogP contribution in [0.25, 0.3) is 0 Å². The van der Waals surface area contributed by atoms with Gasteiger partial charge in [-0.05, 0) is 12.1 Å². The summed E-state index contributed by atoms with van der Waals surface area (Å²) in [6.45, 7) is -2.00. The van der Waals surface area contributed by atoms with Crippen molar-refractivity contribution in [1.82, 2.24) is 15.1 Å². The van der Waals surface area contributed by atoms with Gasteiger partial charge in [-0.25, -0.2) is 0 Å². The van der Waals surface area contributed by atoms with Gasteiger partial charge in [0.2, 0.25) is 5.91 Å². The van der Waals surface area contributed by atoms with E-state index in [0.717, 1.165) is 0 Å². The molecule has 0 aliphatic carbocycles. The van der Waals surface area contributed by atoms with Gasteiger partial charge in [-0.1, -0.05) is 12.1 Å². The number of carboxylic acid groups (broad SMARTS) is 1. The molecule has 0 unspecified atom stereocenters. The summed E-state index contributed by atoms with van der Waals surface area (Å²) in [7, 11) is 0. The van der Waals surface area contributed by atoms with Gasteiger partial charge in [0.05, 0.1) is 12.1 Å². The minimum atomic E-state index is -3.02. The molecule has 0 spiro atoms. The Morgan fingerprint density at radius 1 is 1.15 bits per heavy atom. The van der Waals surface area contributed by atoms with Crippen molar-refractivity contribution in [3.05, 3.63) is 29.8 Å². The first-order valence-electron chi connectivity index (χ1n) is 7.90. The molecule has 27 heavy (non-hydrogen) atoms. The van der Waals surface area contributed by atoms with E-state index in [2.05, 4.69) is 10.1 Å². The van der Waals surface area contributed by atoms with Crippen LogP contribution in [0.15, 0.2) is 24.3 Å². The number of nitrogens with zero attached hydrogens (tertiary/aromatic N) is 2. The fourth-order valence-electron chi connectivity index (χ4n) is 2.55. The first-order valence-corrected chi connectivity index (χ1v) is 7.90. The summed E-state index contributed by atoms with van der Waals surface area (Å²) >= 11 is 0. The molecule has 1 aromatic rings. The molecule has 8 nitrogen and oxygen atoms in total. The molecule has 1 fully saturated rings. The molecule has 2 rings (SSSR count). The highest BCUT2D eigenvalue weighted by Gasteiger charge is 2.25. The molecule has 1 aliphatic rings. The van der Waals surface area contributed by atoms with E-state index in [1.165, 1.54) is 23.1 Å². The van der Waals surface area contributed by atoms with E-state index in [4.69, 9.17) is 5.11 Å². The van der Waals surface area contributed by atoms with E-state index in [0.29, 0.717) is 26.2 Å². The van der Waals surface area contributed by atoms with Crippen LogP contribution in [0.1, 0.15) is 10.4 Å². The zero-order chi connectivity index (χ0) is 19.1. The summed E-state index contributed by atoms with van der Waals surface area (Å²) in [5.41, 5.74) is 0.0560. The number of carboxylic acids is 1. The summed E-state index contributed by atoms with van der Waals surface area (Å²) in [5.74, 6) is -2.14. The van der Waals surface area contributed by atoms with Crippen LogP contribution in [0, 0.1) is 0 Å². The summed E-state index contributed by atoms with van der Waals surface area (Å²) in [5, 5.41) is 10.8. The predicted molar refractivity (Wildman–Crippen MR) is 93.3 cm³/mol. The van der Waals surface area contributed by atoms with Crippen molar-refractivity contribution in [1.29, 1.82) is 0 Å². The molecule has 0 bridgehead atoms. The maximum atomic E-state index is 12.5. The van der Waals surface area contributed by atoms with Gasteiger partial charge in [0.15, 0.2) is 0 Å². The number of nitrogens with one attached hydrogen (secondary N) is 1. The lowest BCUT2D eigenvalue weighted by Gasteiger charge is -2.34. The van der Waals surface area contributed by atoms with E-state index in [-0.39, 0.29) is 30.3 Å². The molecule has 11 heteroatoms. The van der Waals surface area contributed by atoms with E-state index in [1.54, 1.807) is 11.0 Å². The summed E-state index contributed by atoms with van der Waals surface area (Å²) in [4.78, 5) is 37.9. The highest BCUT2D eigenvalue weighted by molar-refractivity contribution is 5.97. The molecular weight excluding hydrogens is 388 g/mol. The minimum Gasteiger partial charge on any atom is -0.480 e. The van der Waals surface area contributed by atoms with Crippen LogP contribution in [-0.4, -0.2) is 78.6 Å². The van der Waals surface area contributed by atoms with Crippen molar-refractivity contribution < 1.29 is 33.0 Å². The fraction of sp³-hybridized carbons (Fsp3) is 0.438. The Bertz CT molecular complexity index is 669. The number of para-hydroxylation sites is 1. The number of piperazine rings is 1. The number of carbonyl (C=O) groups excluding carboxylic acids is 2.